The monoisotopic (exact) mass is 405 g/mol. The van der Waals surface area contributed by atoms with E-state index in [1.165, 1.54) is 0 Å². The Bertz CT molecular complexity index is 1010. The lowest BCUT2D eigenvalue weighted by Gasteiger charge is -2.14. The van der Waals surface area contributed by atoms with Crippen LogP contribution in [-0.4, -0.2) is 19.6 Å². The molecular weight excluding hydrogens is 378 g/mol. The van der Waals surface area contributed by atoms with Gasteiger partial charge in [0.2, 0.25) is 0 Å². The maximum absolute atomic E-state index is 12.8. The van der Waals surface area contributed by atoms with E-state index in [2.05, 4.69) is 5.32 Å². The number of carbonyl (C=O) groups is 1. The number of anilines is 1. The molecule has 0 saturated carbocycles. The maximum atomic E-state index is 12.8. The SMILES string of the molecule is CCOc1ccc(C(=O)Nc2cc(C)ccc2C)cc1COc1ccc(OC)cc1. The molecule has 30 heavy (non-hydrogen) atoms. The molecule has 1 N–H and O–H groups in total. The molecule has 0 aliphatic rings. The molecule has 0 aliphatic carbocycles. The Morgan fingerprint density at radius 3 is 2.33 bits per heavy atom. The average molecular weight is 405 g/mol. The number of ether oxygens (including phenoxy) is 3. The van der Waals surface area contributed by atoms with Crippen LogP contribution < -0.4 is 19.5 Å². The third-order valence-corrected chi connectivity index (χ3v) is 4.72. The van der Waals surface area contributed by atoms with Crippen LogP contribution in [0.5, 0.6) is 17.2 Å². The molecule has 0 aromatic heterocycles. The number of aryl methyl sites for hydroxylation is 2. The Morgan fingerprint density at radius 1 is 0.900 bits per heavy atom. The van der Waals surface area contributed by atoms with E-state index in [0.717, 1.165) is 28.1 Å². The van der Waals surface area contributed by atoms with Crippen molar-refractivity contribution in [3.8, 4) is 17.2 Å². The molecule has 3 aromatic carbocycles. The predicted molar refractivity (Wildman–Crippen MR) is 119 cm³/mol. The predicted octanol–water partition coefficient (Wildman–Crippen LogP) is 5.54. The summed E-state index contributed by atoms with van der Waals surface area (Å²) in [5.74, 6) is 2.01. The lowest BCUT2D eigenvalue weighted by atomic mass is 10.1. The molecule has 156 valence electrons. The van der Waals surface area contributed by atoms with E-state index in [-0.39, 0.29) is 12.5 Å². The van der Waals surface area contributed by atoms with Gasteiger partial charge < -0.3 is 19.5 Å². The van der Waals surface area contributed by atoms with E-state index in [4.69, 9.17) is 14.2 Å². The van der Waals surface area contributed by atoms with Crippen molar-refractivity contribution in [2.45, 2.75) is 27.4 Å². The van der Waals surface area contributed by atoms with Gasteiger partial charge in [-0.05, 0) is 80.4 Å². The summed E-state index contributed by atoms with van der Waals surface area (Å²) in [6.45, 7) is 6.72. The molecular formula is C25H27NO4. The molecule has 3 rings (SSSR count). The van der Waals surface area contributed by atoms with Crippen molar-refractivity contribution in [1.29, 1.82) is 0 Å². The largest absolute Gasteiger partial charge is 0.497 e. The van der Waals surface area contributed by atoms with E-state index in [1.807, 2.05) is 75.4 Å². The first-order valence-electron chi connectivity index (χ1n) is 9.91. The molecule has 1 amide bonds. The summed E-state index contributed by atoms with van der Waals surface area (Å²) in [5.41, 5.74) is 4.28. The topological polar surface area (TPSA) is 56.8 Å². The smallest absolute Gasteiger partial charge is 0.255 e. The van der Waals surface area contributed by atoms with E-state index >= 15 is 0 Å². The standard InChI is InChI=1S/C25H27NO4/c1-5-29-24-13-8-19(25(27)26-23-14-17(2)6-7-18(23)3)15-20(24)16-30-22-11-9-21(28-4)10-12-22/h6-15H,5,16H2,1-4H3,(H,26,27). The van der Waals surface area contributed by atoms with Crippen molar-refractivity contribution in [3.63, 3.8) is 0 Å². The lowest BCUT2D eigenvalue weighted by Crippen LogP contribution is -2.14. The molecule has 0 bridgehead atoms. The van der Waals surface area contributed by atoms with Gasteiger partial charge in [0.15, 0.2) is 0 Å². The number of rotatable bonds is 8. The summed E-state index contributed by atoms with van der Waals surface area (Å²) in [6.07, 6.45) is 0. The van der Waals surface area contributed by atoms with Gasteiger partial charge in [-0.3, -0.25) is 4.79 Å². The van der Waals surface area contributed by atoms with Crippen LogP contribution in [0.15, 0.2) is 60.7 Å². The number of hydrogen-bond acceptors (Lipinski definition) is 4. The summed E-state index contributed by atoms with van der Waals surface area (Å²) in [6, 6.07) is 18.8. The van der Waals surface area contributed by atoms with Gasteiger partial charge in [-0.2, -0.15) is 0 Å². The Hall–Kier alpha value is -3.47. The molecule has 0 spiro atoms. The highest BCUT2D eigenvalue weighted by Crippen LogP contribution is 2.25. The number of benzene rings is 3. The minimum Gasteiger partial charge on any atom is -0.497 e. The Kier molecular flexibility index (Phi) is 6.96. The second-order valence-corrected chi connectivity index (χ2v) is 6.99. The molecule has 0 atom stereocenters. The van der Waals surface area contributed by atoms with Crippen molar-refractivity contribution in [3.05, 3.63) is 82.9 Å². The summed E-state index contributed by atoms with van der Waals surface area (Å²) in [5, 5.41) is 3.00. The molecule has 0 radical (unpaired) electrons. The summed E-state index contributed by atoms with van der Waals surface area (Å²) < 4.78 is 16.8. The maximum Gasteiger partial charge on any atom is 0.255 e. The normalized spacial score (nSPS) is 10.4. The fourth-order valence-corrected chi connectivity index (χ4v) is 3.03. The first kappa shape index (κ1) is 21.2. The zero-order valence-electron chi connectivity index (χ0n) is 17.8. The highest BCUT2D eigenvalue weighted by Gasteiger charge is 2.13. The first-order chi connectivity index (χ1) is 14.5. The van der Waals surface area contributed by atoms with Gasteiger partial charge in [-0.15, -0.1) is 0 Å². The lowest BCUT2D eigenvalue weighted by molar-refractivity contribution is 0.102. The molecule has 0 aliphatic heterocycles. The molecule has 3 aromatic rings. The molecule has 5 heteroatoms. The van der Waals surface area contributed by atoms with Crippen LogP contribution in [0, 0.1) is 13.8 Å². The van der Waals surface area contributed by atoms with Crippen LogP contribution in [0.4, 0.5) is 5.69 Å². The number of nitrogens with one attached hydrogen (secondary N) is 1. The molecule has 0 fully saturated rings. The minimum atomic E-state index is -0.169. The highest BCUT2D eigenvalue weighted by atomic mass is 16.5. The Balaban J connectivity index is 1.78. The quantitative estimate of drug-likeness (QED) is 0.534. The van der Waals surface area contributed by atoms with Crippen molar-refractivity contribution < 1.29 is 19.0 Å². The van der Waals surface area contributed by atoms with Gasteiger partial charge in [-0.25, -0.2) is 0 Å². The summed E-state index contributed by atoms with van der Waals surface area (Å²) in [4.78, 5) is 12.8. The van der Waals surface area contributed by atoms with Gasteiger partial charge in [-0.1, -0.05) is 12.1 Å². The van der Waals surface area contributed by atoms with Crippen LogP contribution in [0.3, 0.4) is 0 Å². The van der Waals surface area contributed by atoms with Gasteiger partial charge in [0.05, 0.1) is 13.7 Å². The minimum absolute atomic E-state index is 0.169. The number of amides is 1. The zero-order chi connectivity index (χ0) is 21.5. The molecule has 5 nitrogen and oxygen atoms in total. The molecule has 0 unspecified atom stereocenters. The van der Waals surface area contributed by atoms with Crippen molar-refractivity contribution in [2.24, 2.45) is 0 Å². The van der Waals surface area contributed by atoms with Crippen LogP contribution in [0.2, 0.25) is 0 Å². The van der Waals surface area contributed by atoms with Gasteiger partial charge >= 0.3 is 0 Å². The summed E-state index contributed by atoms with van der Waals surface area (Å²) in [7, 11) is 1.62. The third-order valence-electron chi connectivity index (χ3n) is 4.72. The summed E-state index contributed by atoms with van der Waals surface area (Å²) >= 11 is 0. The van der Waals surface area contributed by atoms with E-state index < -0.39 is 0 Å². The molecule has 0 saturated heterocycles. The number of hydrogen-bond donors (Lipinski definition) is 1. The van der Waals surface area contributed by atoms with E-state index in [9.17, 15) is 4.79 Å². The van der Waals surface area contributed by atoms with Gasteiger partial charge in [0, 0.05) is 16.8 Å². The fourth-order valence-electron chi connectivity index (χ4n) is 3.03. The van der Waals surface area contributed by atoms with Crippen LogP contribution in [-0.2, 0) is 6.61 Å². The third kappa shape index (κ3) is 5.32. The number of carbonyl (C=O) groups excluding carboxylic acids is 1. The second-order valence-electron chi connectivity index (χ2n) is 6.99. The van der Waals surface area contributed by atoms with E-state index in [0.29, 0.717) is 23.7 Å². The van der Waals surface area contributed by atoms with E-state index in [1.54, 1.807) is 13.2 Å². The second kappa shape index (κ2) is 9.83. The van der Waals surface area contributed by atoms with Gasteiger partial charge in [0.1, 0.15) is 23.9 Å². The van der Waals surface area contributed by atoms with Crippen LogP contribution in [0.1, 0.15) is 34.0 Å². The van der Waals surface area contributed by atoms with Crippen molar-refractivity contribution in [1.82, 2.24) is 0 Å². The van der Waals surface area contributed by atoms with Crippen LogP contribution in [0.25, 0.3) is 0 Å². The Morgan fingerprint density at radius 2 is 1.63 bits per heavy atom. The molecule has 0 heterocycles. The number of methoxy groups -OCH3 is 1. The zero-order valence-corrected chi connectivity index (χ0v) is 17.8. The Labute approximate surface area is 177 Å². The van der Waals surface area contributed by atoms with Crippen molar-refractivity contribution in [2.75, 3.05) is 19.0 Å². The van der Waals surface area contributed by atoms with Crippen molar-refractivity contribution >= 4 is 11.6 Å². The highest BCUT2D eigenvalue weighted by molar-refractivity contribution is 6.04. The average Bonchev–Trinajstić information content (AvgIpc) is 2.76. The van der Waals surface area contributed by atoms with Crippen LogP contribution >= 0.6 is 0 Å². The van der Waals surface area contributed by atoms with Gasteiger partial charge in [0.25, 0.3) is 5.91 Å². The fraction of sp³-hybridized carbons (Fsp3) is 0.240. The first-order valence-corrected chi connectivity index (χ1v) is 9.91.